The molecule has 3 heterocycles. The Balaban J connectivity index is 1.87. The number of thioether (sulfide) groups is 1. The quantitative estimate of drug-likeness (QED) is 0.321. The molecule has 8 atom stereocenters. The SMILES string of the molecule is C=CCN(CCC)C(=O)[C@@H]1[C@H]2C(=O)N([C@@H](CO)[C@@H](C)CC)C(C(=O)N(CC=C)c3ccc(Cl)cc3)C23S[C@@H]1CC3C. The number of hydrogen-bond donors (Lipinski definition) is 1. The van der Waals surface area contributed by atoms with Gasteiger partial charge in [-0.2, -0.15) is 0 Å². The van der Waals surface area contributed by atoms with Crippen molar-refractivity contribution < 1.29 is 19.5 Å². The first kappa shape index (κ1) is 31.6. The molecule has 7 nitrogen and oxygen atoms in total. The summed E-state index contributed by atoms with van der Waals surface area (Å²) in [6.07, 6.45) is 5.69. The highest BCUT2D eigenvalue weighted by atomic mass is 35.5. The normalized spacial score (nSPS) is 29.7. The molecule has 41 heavy (non-hydrogen) atoms. The van der Waals surface area contributed by atoms with E-state index in [1.807, 2.05) is 20.8 Å². The lowest BCUT2D eigenvalue weighted by atomic mass is 9.65. The van der Waals surface area contributed by atoms with Crippen LogP contribution in [-0.2, 0) is 14.4 Å². The molecule has 3 fully saturated rings. The molecular weight excluding hydrogens is 558 g/mol. The van der Waals surface area contributed by atoms with E-state index in [1.54, 1.807) is 62.9 Å². The zero-order valence-corrected chi connectivity index (χ0v) is 26.2. The summed E-state index contributed by atoms with van der Waals surface area (Å²) in [5, 5.41) is 11.2. The van der Waals surface area contributed by atoms with Crippen molar-refractivity contribution >= 4 is 46.8 Å². The number of aliphatic hydroxyl groups excluding tert-OH is 1. The fourth-order valence-electron chi connectivity index (χ4n) is 7.34. The number of benzene rings is 1. The first-order chi connectivity index (χ1) is 19.6. The lowest BCUT2D eigenvalue weighted by molar-refractivity contribution is -0.146. The maximum atomic E-state index is 14.8. The topological polar surface area (TPSA) is 81.2 Å². The van der Waals surface area contributed by atoms with E-state index in [4.69, 9.17) is 11.6 Å². The third-order valence-corrected chi connectivity index (χ3v) is 11.7. The van der Waals surface area contributed by atoms with Crippen molar-refractivity contribution in [1.82, 2.24) is 9.80 Å². The van der Waals surface area contributed by atoms with E-state index >= 15 is 0 Å². The van der Waals surface area contributed by atoms with Crippen LogP contribution in [0.15, 0.2) is 49.6 Å². The van der Waals surface area contributed by atoms with Crippen molar-refractivity contribution in [3.05, 3.63) is 54.6 Å². The summed E-state index contributed by atoms with van der Waals surface area (Å²) in [6.45, 7) is 16.9. The molecule has 0 aliphatic carbocycles. The van der Waals surface area contributed by atoms with Crippen LogP contribution in [0.3, 0.4) is 0 Å². The van der Waals surface area contributed by atoms with Gasteiger partial charge < -0.3 is 19.8 Å². The van der Waals surface area contributed by atoms with Crippen LogP contribution in [0.1, 0.15) is 47.0 Å². The summed E-state index contributed by atoms with van der Waals surface area (Å²) in [5.74, 6) is -1.60. The molecule has 1 aromatic rings. The van der Waals surface area contributed by atoms with Gasteiger partial charge in [0.05, 0.1) is 29.2 Å². The number of amides is 3. The van der Waals surface area contributed by atoms with Crippen LogP contribution in [0.25, 0.3) is 0 Å². The molecule has 224 valence electrons. The van der Waals surface area contributed by atoms with E-state index in [9.17, 15) is 19.5 Å². The first-order valence-corrected chi connectivity index (χ1v) is 16.1. The molecule has 3 aliphatic heterocycles. The second-order valence-corrected chi connectivity index (χ2v) is 13.7. The van der Waals surface area contributed by atoms with E-state index in [1.165, 1.54) is 0 Å². The van der Waals surface area contributed by atoms with Crippen LogP contribution >= 0.6 is 23.4 Å². The molecule has 2 bridgehead atoms. The van der Waals surface area contributed by atoms with Crippen LogP contribution in [0.2, 0.25) is 5.02 Å². The van der Waals surface area contributed by atoms with Crippen LogP contribution in [0, 0.1) is 23.7 Å². The van der Waals surface area contributed by atoms with Gasteiger partial charge in [-0.1, -0.05) is 57.9 Å². The van der Waals surface area contributed by atoms with Gasteiger partial charge in [-0.15, -0.1) is 24.9 Å². The van der Waals surface area contributed by atoms with E-state index < -0.39 is 28.7 Å². The highest BCUT2D eigenvalue weighted by molar-refractivity contribution is 8.02. The number of carbonyl (C=O) groups excluding carboxylic acids is 3. The Hall–Kier alpha value is -2.29. The number of aliphatic hydroxyl groups is 1. The molecule has 1 aromatic carbocycles. The van der Waals surface area contributed by atoms with Crippen LogP contribution in [0.5, 0.6) is 0 Å². The number of nitrogens with zero attached hydrogens (tertiary/aromatic N) is 3. The number of hydrogen-bond acceptors (Lipinski definition) is 5. The Labute approximate surface area is 254 Å². The molecule has 0 aromatic heterocycles. The zero-order chi connectivity index (χ0) is 30.1. The largest absolute Gasteiger partial charge is 0.394 e. The molecule has 1 N–H and O–H groups in total. The Morgan fingerprint density at radius 2 is 1.85 bits per heavy atom. The zero-order valence-electron chi connectivity index (χ0n) is 24.7. The van der Waals surface area contributed by atoms with Gasteiger partial charge in [0.2, 0.25) is 11.8 Å². The van der Waals surface area contributed by atoms with Crippen LogP contribution in [-0.4, -0.2) is 80.9 Å². The molecular formula is C32H44ClN3O4S. The number of carbonyl (C=O) groups is 3. The van der Waals surface area contributed by atoms with Gasteiger partial charge in [-0.3, -0.25) is 14.4 Å². The number of halogens is 1. The molecule has 3 aliphatic rings. The Kier molecular flexibility index (Phi) is 9.97. The summed E-state index contributed by atoms with van der Waals surface area (Å²) in [5.41, 5.74) is 0.661. The van der Waals surface area contributed by atoms with Gasteiger partial charge in [-0.25, -0.2) is 0 Å². The van der Waals surface area contributed by atoms with Gasteiger partial charge in [-0.05, 0) is 48.9 Å². The number of rotatable bonds is 13. The average Bonchev–Trinajstić information content (AvgIpc) is 3.55. The second kappa shape index (κ2) is 12.9. The number of anilines is 1. The summed E-state index contributed by atoms with van der Waals surface area (Å²) in [7, 11) is 0. The minimum atomic E-state index is -0.830. The molecule has 9 heteroatoms. The standard InChI is InChI=1S/C32H44ClN3O4S/c1-7-15-34(16-8-2)29(38)26-25-18-21(6)32(41-25)27(26)30(39)36(24(19-37)20(5)10-4)28(32)31(40)35(17-9-3)23-13-11-22(33)12-14-23/h7,9,11-14,20-21,24-28,37H,1,3,8,10,15-19H2,2,4-6H3/t20-,21?,24-,25+,26-,27-,28?,32?/m0/s1. The van der Waals surface area contributed by atoms with Crippen molar-refractivity contribution in [2.45, 2.75) is 69.0 Å². The molecule has 3 unspecified atom stereocenters. The maximum absolute atomic E-state index is 14.8. The van der Waals surface area contributed by atoms with Crippen molar-refractivity contribution in [2.24, 2.45) is 23.7 Å². The highest BCUT2D eigenvalue weighted by Gasteiger charge is 2.77. The monoisotopic (exact) mass is 601 g/mol. The smallest absolute Gasteiger partial charge is 0.251 e. The summed E-state index contributed by atoms with van der Waals surface area (Å²) in [6, 6.07) is 5.70. The minimum absolute atomic E-state index is 0.0283. The summed E-state index contributed by atoms with van der Waals surface area (Å²) in [4.78, 5) is 48.8. The van der Waals surface area contributed by atoms with E-state index in [0.29, 0.717) is 23.8 Å². The molecule has 3 amide bonds. The first-order valence-electron chi connectivity index (χ1n) is 14.8. The second-order valence-electron chi connectivity index (χ2n) is 11.7. The van der Waals surface area contributed by atoms with Crippen LogP contribution < -0.4 is 4.90 Å². The predicted octanol–water partition coefficient (Wildman–Crippen LogP) is 5.03. The van der Waals surface area contributed by atoms with Crippen molar-refractivity contribution in [3.63, 3.8) is 0 Å². The van der Waals surface area contributed by atoms with Crippen molar-refractivity contribution in [2.75, 3.05) is 31.1 Å². The maximum Gasteiger partial charge on any atom is 0.251 e. The third-order valence-electron chi connectivity index (χ3n) is 9.42. The minimum Gasteiger partial charge on any atom is -0.394 e. The summed E-state index contributed by atoms with van der Waals surface area (Å²) >= 11 is 7.82. The molecule has 0 radical (unpaired) electrons. The summed E-state index contributed by atoms with van der Waals surface area (Å²) < 4.78 is -0.780. The fourth-order valence-corrected chi connectivity index (χ4v) is 9.86. The predicted molar refractivity (Wildman–Crippen MR) is 167 cm³/mol. The molecule has 3 saturated heterocycles. The fraction of sp³-hybridized carbons (Fsp3) is 0.594. The highest BCUT2D eigenvalue weighted by Crippen LogP contribution is 2.69. The molecule has 4 rings (SSSR count). The van der Waals surface area contributed by atoms with Crippen LogP contribution in [0.4, 0.5) is 5.69 Å². The lowest BCUT2D eigenvalue weighted by Crippen LogP contribution is -2.60. The van der Waals surface area contributed by atoms with Gasteiger partial charge >= 0.3 is 0 Å². The lowest BCUT2D eigenvalue weighted by Gasteiger charge is -2.43. The average molecular weight is 602 g/mol. The Morgan fingerprint density at radius 3 is 2.41 bits per heavy atom. The molecule has 1 spiro atoms. The number of fused-ring (bicyclic) bond motifs is 1. The van der Waals surface area contributed by atoms with Crippen molar-refractivity contribution in [3.8, 4) is 0 Å². The Morgan fingerprint density at radius 1 is 1.20 bits per heavy atom. The van der Waals surface area contributed by atoms with E-state index in [-0.39, 0.29) is 48.0 Å². The van der Waals surface area contributed by atoms with E-state index in [2.05, 4.69) is 20.1 Å². The van der Waals surface area contributed by atoms with Gasteiger partial charge in [0.1, 0.15) is 6.04 Å². The number of likely N-dealkylation sites (tertiary alicyclic amines) is 1. The van der Waals surface area contributed by atoms with Gasteiger partial charge in [0, 0.05) is 35.6 Å². The van der Waals surface area contributed by atoms with Gasteiger partial charge in [0.15, 0.2) is 0 Å². The Bertz CT molecular complexity index is 1160. The van der Waals surface area contributed by atoms with Gasteiger partial charge in [0.25, 0.3) is 5.91 Å². The third kappa shape index (κ3) is 5.25. The van der Waals surface area contributed by atoms with E-state index in [0.717, 1.165) is 19.3 Å². The van der Waals surface area contributed by atoms with Crippen molar-refractivity contribution in [1.29, 1.82) is 0 Å². The molecule has 0 saturated carbocycles.